The van der Waals surface area contributed by atoms with Gasteiger partial charge in [0.25, 0.3) is 5.91 Å². The van der Waals surface area contributed by atoms with Crippen LogP contribution in [0.25, 0.3) is 0 Å². The number of carbonyl (C=O) groups excluding carboxylic acids is 1. The number of nitrogens with zero attached hydrogens (tertiary/aromatic N) is 1. The number of hydrogen-bond acceptors (Lipinski definition) is 3. The molecule has 0 unspecified atom stereocenters. The number of hydrogen-bond donors (Lipinski definition) is 2. The van der Waals surface area contributed by atoms with E-state index in [2.05, 4.69) is 15.6 Å². The number of carbonyl (C=O) groups is 1. The van der Waals surface area contributed by atoms with E-state index in [1.165, 1.54) is 17.7 Å². The minimum atomic E-state index is -0.266. The second-order valence-electron chi connectivity index (χ2n) is 6.37. The average Bonchev–Trinajstić information content (AvgIpc) is 2.71. The van der Waals surface area contributed by atoms with E-state index in [1.54, 1.807) is 24.4 Å². The molecule has 2 aromatic carbocycles. The van der Waals surface area contributed by atoms with Crippen LogP contribution in [-0.2, 0) is 12.8 Å². The van der Waals surface area contributed by atoms with Gasteiger partial charge < -0.3 is 10.6 Å². The Bertz CT molecular complexity index is 914. The lowest BCUT2D eigenvalue weighted by Gasteiger charge is -2.09. The summed E-state index contributed by atoms with van der Waals surface area (Å²) in [7, 11) is 0. The number of amides is 1. The molecule has 1 aromatic heterocycles. The third-order valence-corrected chi connectivity index (χ3v) is 4.51. The Morgan fingerprint density at radius 1 is 0.929 bits per heavy atom. The molecule has 3 rings (SSSR count). The number of aromatic nitrogens is 1. The number of rotatable bonds is 8. The third-order valence-electron chi connectivity index (χ3n) is 4.26. The first-order chi connectivity index (χ1) is 13.6. The Kier molecular flexibility index (Phi) is 6.98. The van der Waals surface area contributed by atoms with Crippen LogP contribution < -0.4 is 10.6 Å². The maximum absolute atomic E-state index is 12.9. The molecule has 0 aliphatic carbocycles. The van der Waals surface area contributed by atoms with Gasteiger partial charge in [0.15, 0.2) is 0 Å². The highest BCUT2D eigenvalue weighted by Gasteiger charge is 2.07. The molecule has 0 bridgehead atoms. The zero-order chi connectivity index (χ0) is 19.8. The van der Waals surface area contributed by atoms with Gasteiger partial charge >= 0.3 is 0 Å². The highest BCUT2D eigenvalue weighted by Crippen LogP contribution is 2.12. The van der Waals surface area contributed by atoms with Crippen molar-refractivity contribution in [3.63, 3.8) is 0 Å². The SMILES string of the molecule is O=C(NCCc1ccc(F)cc1)c1cc(NCCc2ccc(Cl)cc2)ccn1. The van der Waals surface area contributed by atoms with Crippen LogP contribution in [0.1, 0.15) is 21.6 Å². The predicted octanol–water partition coefficient (Wildman–Crippen LogP) is 4.50. The highest BCUT2D eigenvalue weighted by molar-refractivity contribution is 6.30. The summed E-state index contributed by atoms with van der Waals surface area (Å²) in [6.45, 7) is 1.19. The van der Waals surface area contributed by atoms with Crippen LogP contribution in [0.2, 0.25) is 5.02 Å². The zero-order valence-corrected chi connectivity index (χ0v) is 16.0. The second-order valence-corrected chi connectivity index (χ2v) is 6.80. The normalized spacial score (nSPS) is 10.5. The molecule has 0 saturated heterocycles. The third kappa shape index (κ3) is 6.06. The summed E-state index contributed by atoms with van der Waals surface area (Å²) < 4.78 is 12.9. The summed E-state index contributed by atoms with van der Waals surface area (Å²) >= 11 is 5.89. The lowest BCUT2D eigenvalue weighted by molar-refractivity contribution is 0.0949. The standard InChI is InChI=1S/C22H21ClFN3O/c23-18-5-1-16(2-6-18)9-12-25-20-11-14-26-21(15-20)22(28)27-13-10-17-3-7-19(24)8-4-17/h1-8,11,14-15H,9-10,12-13H2,(H,25,26)(H,27,28). The van der Waals surface area contributed by atoms with Crippen LogP contribution in [-0.4, -0.2) is 24.0 Å². The quantitative estimate of drug-likeness (QED) is 0.588. The van der Waals surface area contributed by atoms with Crippen LogP contribution in [0.4, 0.5) is 10.1 Å². The minimum absolute atomic E-state index is 0.233. The highest BCUT2D eigenvalue weighted by atomic mass is 35.5. The molecule has 6 heteroatoms. The molecule has 0 aliphatic heterocycles. The van der Waals surface area contributed by atoms with Gasteiger partial charge in [-0.3, -0.25) is 9.78 Å². The molecule has 4 nitrogen and oxygen atoms in total. The topological polar surface area (TPSA) is 54.0 Å². The van der Waals surface area contributed by atoms with Crippen molar-refractivity contribution in [2.75, 3.05) is 18.4 Å². The van der Waals surface area contributed by atoms with Gasteiger partial charge in [-0.2, -0.15) is 0 Å². The summed E-state index contributed by atoms with van der Waals surface area (Å²) in [5, 5.41) is 6.87. The number of benzene rings is 2. The molecule has 28 heavy (non-hydrogen) atoms. The Morgan fingerprint density at radius 2 is 1.57 bits per heavy atom. The van der Waals surface area contributed by atoms with Gasteiger partial charge in [0, 0.05) is 30.0 Å². The lowest BCUT2D eigenvalue weighted by atomic mass is 10.1. The van der Waals surface area contributed by atoms with E-state index < -0.39 is 0 Å². The lowest BCUT2D eigenvalue weighted by Crippen LogP contribution is -2.26. The molecule has 3 aromatic rings. The summed E-state index contributed by atoms with van der Waals surface area (Å²) in [4.78, 5) is 16.4. The fraction of sp³-hybridized carbons (Fsp3) is 0.182. The van der Waals surface area contributed by atoms with Crippen molar-refractivity contribution >= 4 is 23.2 Å². The van der Waals surface area contributed by atoms with Crippen molar-refractivity contribution < 1.29 is 9.18 Å². The zero-order valence-electron chi connectivity index (χ0n) is 15.3. The minimum Gasteiger partial charge on any atom is -0.385 e. The molecular weight excluding hydrogens is 377 g/mol. The van der Waals surface area contributed by atoms with Crippen molar-refractivity contribution in [3.05, 3.63) is 94.5 Å². The van der Waals surface area contributed by atoms with Gasteiger partial charge in [0.05, 0.1) is 0 Å². The molecule has 0 spiro atoms. The van der Waals surface area contributed by atoms with Crippen molar-refractivity contribution in [3.8, 4) is 0 Å². The van der Waals surface area contributed by atoms with Crippen molar-refractivity contribution in [1.82, 2.24) is 10.3 Å². The molecule has 144 valence electrons. The van der Waals surface area contributed by atoms with Gasteiger partial charge in [-0.15, -0.1) is 0 Å². The first-order valence-electron chi connectivity index (χ1n) is 9.07. The van der Waals surface area contributed by atoms with E-state index in [0.29, 0.717) is 18.7 Å². The van der Waals surface area contributed by atoms with E-state index >= 15 is 0 Å². The Hall–Kier alpha value is -2.92. The van der Waals surface area contributed by atoms with Crippen molar-refractivity contribution in [2.24, 2.45) is 0 Å². The van der Waals surface area contributed by atoms with Crippen LogP contribution in [0.3, 0.4) is 0 Å². The van der Waals surface area contributed by atoms with E-state index in [1.807, 2.05) is 30.3 Å². The summed E-state index contributed by atoms with van der Waals surface area (Å²) in [6, 6.07) is 17.6. The summed E-state index contributed by atoms with van der Waals surface area (Å²) in [5.41, 5.74) is 3.35. The second kappa shape index (κ2) is 9.85. The number of halogens is 2. The molecule has 0 atom stereocenters. The Morgan fingerprint density at radius 3 is 2.29 bits per heavy atom. The first kappa shape index (κ1) is 19.8. The predicted molar refractivity (Wildman–Crippen MR) is 110 cm³/mol. The van der Waals surface area contributed by atoms with E-state index in [-0.39, 0.29) is 11.7 Å². The molecule has 0 fully saturated rings. The van der Waals surface area contributed by atoms with Crippen molar-refractivity contribution in [2.45, 2.75) is 12.8 Å². The van der Waals surface area contributed by atoms with Gasteiger partial charge in [0.1, 0.15) is 11.5 Å². The average molecular weight is 398 g/mol. The molecule has 2 N–H and O–H groups in total. The summed E-state index contributed by atoms with van der Waals surface area (Å²) in [6.07, 6.45) is 3.09. The van der Waals surface area contributed by atoms with Gasteiger partial charge in [0.2, 0.25) is 0 Å². The van der Waals surface area contributed by atoms with Gasteiger partial charge in [-0.05, 0) is 60.4 Å². The molecule has 0 saturated carbocycles. The van der Waals surface area contributed by atoms with Crippen molar-refractivity contribution in [1.29, 1.82) is 0 Å². The van der Waals surface area contributed by atoms with Gasteiger partial charge in [-0.25, -0.2) is 4.39 Å². The first-order valence-corrected chi connectivity index (χ1v) is 9.45. The summed E-state index contributed by atoms with van der Waals surface area (Å²) in [5.74, 6) is -0.499. The van der Waals surface area contributed by atoms with E-state index in [0.717, 1.165) is 29.2 Å². The number of nitrogens with one attached hydrogen (secondary N) is 2. The monoisotopic (exact) mass is 397 g/mol. The van der Waals surface area contributed by atoms with Gasteiger partial charge in [-0.1, -0.05) is 35.9 Å². The fourth-order valence-electron chi connectivity index (χ4n) is 2.73. The van der Waals surface area contributed by atoms with Crippen LogP contribution in [0, 0.1) is 5.82 Å². The van der Waals surface area contributed by atoms with Crippen LogP contribution >= 0.6 is 11.6 Å². The Balaban J connectivity index is 1.46. The smallest absolute Gasteiger partial charge is 0.269 e. The largest absolute Gasteiger partial charge is 0.385 e. The van der Waals surface area contributed by atoms with Crippen LogP contribution in [0.5, 0.6) is 0 Å². The molecule has 1 amide bonds. The van der Waals surface area contributed by atoms with E-state index in [4.69, 9.17) is 11.6 Å². The molecule has 0 radical (unpaired) electrons. The number of pyridine rings is 1. The van der Waals surface area contributed by atoms with E-state index in [9.17, 15) is 9.18 Å². The fourth-order valence-corrected chi connectivity index (χ4v) is 2.85. The van der Waals surface area contributed by atoms with Crippen LogP contribution in [0.15, 0.2) is 66.9 Å². The maximum atomic E-state index is 12.9. The molecule has 0 aliphatic rings. The maximum Gasteiger partial charge on any atom is 0.269 e. The number of anilines is 1. The molecular formula is C22H21ClFN3O. The molecule has 1 heterocycles. The Labute approximate surface area is 168 Å².